The Hall–Kier alpha value is -2.09. The number of hydrogen-bond acceptors (Lipinski definition) is 6. The van der Waals surface area contributed by atoms with Crippen LogP contribution < -0.4 is 0 Å². The predicted molar refractivity (Wildman–Crippen MR) is 113 cm³/mol. The Morgan fingerprint density at radius 2 is 1.97 bits per heavy atom. The highest BCUT2D eigenvalue weighted by Crippen LogP contribution is 2.29. The molecular formula is C22H27N3O3S. The molecule has 0 spiro atoms. The molecule has 29 heavy (non-hydrogen) atoms. The molecule has 0 bridgehead atoms. The minimum absolute atomic E-state index is 0.116. The molecule has 154 valence electrons. The molecule has 6 nitrogen and oxygen atoms in total. The summed E-state index contributed by atoms with van der Waals surface area (Å²) in [7, 11) is 0. The van der Waals surface area contributed by atoms with Gasteiger partial charge in [0, 0.05) is 11.3 Å². The molecule has 0 radical (unpaired) electrons. The summed E-state index contributed by atoms with van der Waals surface area (Å²) in [6.45, 7) is 8.36. The summed E-state index contributed by atoms with van der Waals surface area (Å²) in [5, 5.41) is 9.85. The van der Waals surface area contributed by atoms with E-state index < -0.39 is 0 Å². The van der Waals surface area contributed by atoms with Crippen molar-refractivity contribution in [1.82, 2.24) is 14.8 Å². The molecular weight excluding hydrogens is 386 g/mol. The zero-order valence-electron chi connectivity index (χ0n) is 17.1. The number of hydrogen-bond donors (Lipinski definition) is 0. The van der Waals surface area contributed by atoms with Crippen LogP contribution in [0, 0.1) is 0 Å². The van der Waals surface area contributed by atoms with Gasteiger partial charge < -0.3 is 13.9 Å². The van der Waals surface area contributed by atoms with Crippen LogP contribution >= 0.6 is 11.8 Å². The van der Waals surface area contributed by atoms with Crippen molar-refractivity contribution >= 4 is 11.8 Å². The van der Waals surface area contributed by atoms with Gasteiger partial charge in [-0.05, 0) is 29.5 Å². The number of rotatable bonds is 6. The van der Waals surface area contributed by atoms with Gasteiger partial charge in [0.15, 0.2) is 11.0 Å². The van der Waals surface area contributed by atoms with Gasteiger partial charge in [-0.25, -0.2) is 0 Å². The maximum absolute atomic E-state index is 5.66. The van der Waals surface area contributed by atoms with E-state index in [4.69, 9.17) is 13.9 Å². The van der Waals surface area contributed by atoms with Crippen LogP contribution in [0.15, 0.2) is 52.2 Å². The summed E-state index contributed by atoms with van der Waals surface area (Å²) in [5.74, 6) is 2.54. The van der Waals surface area contributed by atoms with E-state index in [-0.39, 0.29) is 11.5 Å². The number of benzene rings is 1. The zero-order chi connectivity index (χ0) is 20.3. The molecule has 4 rings (SSSR count). The molecule has 7 heteroatoms. The predicted octanol–water partition coefficient (Wildman–Crippen LogP) is 4.74. The van der Waals surface area contributed by atoms with Crippen molar-refractivity contribution in [3.05, 3.63) is 54.0 Å². The Balaban J connectivity index is 1.59. The fourth-order valence-electron chi connectivity index (χ4n) is 3.23. The van der Waals surface area contributed by atoms with Crippen LogP contribution in [0.4, 0.5) is 0 Å². The molecule has 0 saturated carbocycles. The molecule has 1 aliphatic rings. The first-order valence-corrected chi connectivity index (χ1v) is 10.9. The van der Waals surface area contributed by atoms with Gasteiger partial charge in [0.1, 0.15) is 12.6 Å². The van der Waals surface area contributed by atoms with E-state index in [0.29, 0.717) is 13.3 Å². The second kappa shape index (κ2) is 8.73. The van der Waals surface area contributed by atoms with Crippen LogP contribution in [-0.2, 0) is 21.4 Å². The highest BCUT2D eigenvalue weighted by molar-refractivity contribution is 7.99. The summed E-state index contributed by atoms with van der Waals surface area (Å²) < 4.78 is 18.6. The number of furan rings is 1. The van der Waals surface area contributed by atoms with E-state index in [1.807, 2.05) is 12.1 Å². The van der Waals surface area contributed by atoms with E-state index in [1.54, 1.807) is 18.0 Å². The van der Waals surface area contributed by atoms with Crippen LogP contribution in [0.25, 0.3) is 11.4 Å². The molecule has 0 amide bonds. The normalized spacial score (nSPS) is 17.6. The van der Waals surface area contributed by atoms with Gasteiger partial charge >= 0.3 is 0 Å². The number of nitrogens with zero attached hydrogens (tertiary/aromatic N) is 3. The fraction of sp³-hybridized carbons (Fsp3) is 0.455. The van der Waals surface area contributed by atoms with Crippen LogP contribution in [-0.4, -0.2) is 40.0 Å². The third kappa shape index (κ3) is 4.91. The largest absolute Gasteiger partial charge is 0.467 e. The molecule has 1 aliphatic heterocycles. The first-order chi connectivity index (χ1) is 14.0. The van der Waals surface area contributed by atoms with E-state index in [0.717, 1.165) is 41.1 Å². The summed E-state index contributed by atoms with van der Waals surface area (Å²) >= 11 is 1.67. The van der Waals surface area contributed by atoms with Gasteiger partial charge in [-0.15, -0.1) is 10.2 Å². The monoisotopic (exact) mass is 413 g/mol. The van der Waals surface area contributed by atoms with Crippen molar-refractivity contribution < 1.29 is 13.9 Å². The summed E-state index contributed by atoms with van der Waals surface area (Å²) in [4.78, 5) is 0. The molecule has 2 aromatic heterocycles. The van der Waals surface area contributed by atoms with Crippen LogP contribution in [0.5, 0.6) is 0 Å². The summed E-state index contributed by atoms with van der Waals surface area (Å²) in [6, 6.07) is 12.5. The summed E-state index contributed by atoms with van der Waals surface area (Å²) in [6.07, 6.45) is 2.78. The maximum atomic E-state index is 5.66. The van der Waals surface area contributed by atoms with E-state index >= 15 is 0 Å². The maximum Gasteiger partial charge on any atom is 0.192 e. The van der Waals surface area contributed by atoms with Crippen molar-refractivity contribution in [2.75, 3.05) is 19.2 Å². The van der Waals surface area contributed by atoms with Crippen molar-refractivity contribution in [2.45, 2.75) is 50.4 Å². The Morgan fingerprint density at radius 3 is 2.62 bits per heavy atom. The highest BCUT2D eigenvalue weighted by Gasteiger charge is 2.20. The average Bonchev–Trinajstić information content (AvgIpc) is 3.37. The lowest BCUT2D eigenvalue weighted by molar-refractivity contribution is -0.130. The molecule has 0 N–H and O–H groups in total. The molecule has 1 saturated heterocycles. The lowest BCUT2D eigenvalue weighted by Crippen LogP contribution is -2.25. The van der Waals surface area contributed by atoms with Crippen molar-refractivity contribution in [3.63, 3.8) is 0 Å². The Bertz CT molecular complexity index is 908. The Labute approximate surface area is 175 Å². The zero-order valence-corrected chi connectivity index (χ0v) is 17.9. The molecule has 3 aromatic rings. The lowest BCUT2D eigenvalue weighted by atomic mass is 9.87. The molecule has 1 fully saturated rings. The molecule has 3 heterocycles. The topological polar surface area (TPSA) is 62.3 Å². The summed E-state index contributed by atoms with van der Waals surface area (Å²) in [5.41, 5.74) is 2.46. The minimum atomic E-state index is 0.116. The fourth-order valence-corrected chi connectivity index (χ4v) is 4.23. The van der Waals surface area contributed by atoms with Gasteiger partial charge in [0.2, 0.25) is 0 Å². The van der Waals surface area contributed by atoms with Gasteiger partial charge in [-0.1, -0.05) is 56.8 Å². The van der Waals surface area contributed by atoms with Gasteiger partial charge in [-0.3, -0.25) is 4.57 Å². The second-order valence-corrected chi connectivity index (χ2v) is 9.20. The smallest absolute Gasteiger partial charge is 0.192 e. The van der Waals surface area contributed by atoms with Gasteiger partial charge in [-0.2, -0.15) is 0 Å². The van der Waals surface area contributed by atoms with E-state index in [1.165, 1.54) is 5.56 Å². The average molecular weight is 414 g/mol. The van der Waals surface area contributed by atoms with Gasteiger partial charge in [0.05, 0.1) is 25.5 Å². The minimum Gasteiger partial charge on any atom is -0.467 e. The molecule has 0 aliphatic carbocycles. The van der Waals surface area contributed by atoms with Crippen molar-refractivity contribution in [1.29, 1.82) is 0 Å². The highest BCUT2D eigenvalue weighted by atomic mass is 32.2. The van der Waals surface area contributed by atoms with Crippen LogP contribution in [0.3, 0.4) is 0 Å². The molecule has 0 unspecified atom stereocenters. The SMILES string of the molecule is CC(C)(C)c1ccc(-c2nnc(SC[C@@H]3CCOCO3)n2Cc2ccco2)cc1. The first kappa shape index (κ1) is 20.2. The number of aromatic nitrogens is 3. The van der Waals surface area contributed by atoms with Crippen LogP contribution in [0.2, 0.25) is 0 Å². The Kier molecular flexibility index (Phi) is 6.08. The standard InChI is InChI=1S/C22H27N3O3S/c1-22(2,3)17-8-6-16(7-9-17)20-23-24-21(25(20)13-18-5-4-11-27-18)29-14-19-10-12-26-15-28-19/h4-9,11,19H,10,12-15H2,1-3H3/t19-/m0/s1. The van der Waals surface area contributed by atoms with Crippen molar-refractivity contribution in [2.24, 2.45) is 0 Å². The third-order valence-corrected chi connectivity index (χ3v) is 6.09. The number of ether oxygens (including phenoxy) is 2. The van der Waals surface area contributed by atoms with E-state index in [9.17, 15) is 0 Å². The van der Waals surface area contributed by atoms with Crippen LogP contribution in [0.1, 0.15) is 38.5 Å². The Morgan fingerprint density at radius 1 is 1.14 bits per heavy atom. The molecule has 1 atom stereocenters. The van der Waals surface area contributed by atoms with E-state index in [2.05, 4.69) is 59.8 Å². The number of thioether (sulfide) groups is 1. The third-order valence-electron chi connectivity index (χ3n) is 4.99. The quantitative estimate of drug-likeness (QED) is 0.544. The lowest BCUT2D eigenvalue weighted by Gasteiger charge is -2.22. The van der Waals surface area contributed by atoms with Gasteiger partial charge in [0.25, 0.3) is 0 Å². The molecule has 1 aromatic carbocycles. The second-order valence-electron chi connectivity index (χ2n) is 8.21. The first-order valence-electron chi connectivity index (χ1n) is 9.89. The van der Waals surface area contributed by atoms with Crippen molar-refractivity contribution in [3.8, 4) is 11.4 Å².